The lowest BCUT2D eigenvalue weighted by Gasteiger charge is -2.29. The van der Waals surface area contributed by atoms with Crippen molar-refractivity contribution in [2.45, 2.75) is 31.6 Å². The lowest BCUT2D eigenvalue weighted by Crippen LogP contribution is -2.37. The molecule has 1 aromatic carbocycles. The fourth-order valence-corrected chi connectivity index (χ4v) is 3.85. The summed E-state index contributed by atoms with van der Waals surface area (Å²) in [7, 11) is -3.41. The van der Waals surface area contributed by atoms with Crippen LogP contribution in [0.25, 0.3) is 0 Å². The molecule has 0 aromatic heterocycles. The van der Waals surface area contributed by atoms with Gasteiger partial charge in [-0.1, -0.05) is 6.92 Å². The lowest BCUT2D eigenvalue weighted by atomic mass is 10.0. The Kier molecular flexibility index (Phi) is 3.93. The molecule has 19 heavy (non-hydrogen) atoms. The van der Waals surface area contributed by atoms with Crippen LogP contribution in [0.3, 0.4) is 0 Å². The van der Waals surface area contributed by atoms with Crippen molar-refractivity contribution in [3.63, 3.8) is 0 Å². The Morgan fingerprint density at radius 3 is 2.47 bits per heavy atom. The van der Waals surface area contributed by atoms with Crippen molar-refractivity contribution in [3.05, 3.63) is 29.3 Å². The molecule has 0 saturated carbocycles. The monoisotopic (exact) mass is 278 g/mol. The minimum Gasteiger partial charge on any atom is -0.207 e. The molecule has 1 aromatic rings. The van der Waals surface area contributed by atoms with Crippen molar-refractivity contribution in [2.24, 2.45) is 5.92 Å². The highest BCUT2D eigenvalue weighted by atomic mass is 32.2. The minimum atomic E-state index is -3.41. The van der Waals surface area contributed by atoms with Gasteiger partial charge < -0.3 is 0 Å². The van der Waals surface area contributed by atoms with Crippen LogP contribution in [0.15, 0.2) is 23.1 Å². The van der Waals surface area contributed by atoms with Crippen molar-refractivity contribution >= 4 is 10.0 Å². The quantitative estimate of drug-likeness (QED) is 0.834. The zero-order chi connectivity index (χ0) is 14.0. The largest absolute Gasteiger partial charge is 0.243 e. The average molecular weight is 278 g/mol. The number of aryl methyl sites for hydroxylation is 1. The minimum absolute atomic E-state index is 0.290. The second-order valence-corrected chi connectivity index (χ2v) is 7.11. The molecule has 1 aliphatic heterocycles. The van der Waals surface area contributed by atoms with Crippen LogP contribution in [0.2, 0.25) is 0 Å². The number of nitrogens with zero attached hydrogens (tertiary/aromatic N) is 2. The molecule has 0 spiro atoms. The summed E-state index contributed by atoms with van der Waals surface area (Å²) in [6.45, 7) is 5.08. The highest BCUT2D eigenvalue weighted by molar-refractivity contribution is 7.89. The molecule has 5 heteroatoms. The van der Waals surface area contributed by atoms with E-state index in [9.17, 15) is 8.42 Å². The number of hydrogen-bond donors (Lipinski definition) is 0. The molecule has 2 rings (SSSR count). The molecular formula is C14H18N2O2S. The molecule has 0 atom stereocenters. The molecule has 1 fully saturated rings. The summed E-state index contributed by atoms with van der Waals surface area (Å²) >= 11 is 0. The van der Waals surface area contributed by atoms with Crippen LogP contribution in [0.1, 0.15) is 30.9 Å². The van der Waals surface area contributed by atoms with Crippen LogP contribution >= 0.6 is 0 Å². The van der Waals surface area contributed by atoms with Gasteiger partial charge in [0.2, 0.25) is 10.0 Å². The maximum absolute atomic E-state index is 12.5. The van der Waals surface area contributed by atoms with Gasteiger partial charge in [-0.25, -0.2) is 8.42 Å². The van der Waals surface area contributed by atoms with E-state index in [1.165, 1.54) is 6.07 Å². The zero-order valence-corrected chi connectivity index (χ0v) is 12.1. The van der Waals surface area contributed by atoms with Gasteiger partial charge in [0, 0.05) is 13.1 Å². The summed E-state index contributed by atoms with van der Waals surface area (Å²) in [6, 6.07) is 6.74. The number of rotatable bonds is 2. The second-order valence-electron chi connectivity index (χ2n) is 5.18. The van der Waals surface area contributed by atoms with Crippen LogP contribution < -0.4 is 0 Å². The van der Waals surface area contributed by atoms with E-state index in [0.717, 1.165) is 12.8 Å². The first kappa shape index (κ1) is 14.0. The highest BCUT2D eigenvalue weighted by Crippen LogP contribution is 2.24. The van der Waals surface area contributed by atoms with Crippen LogP contribution in [-0.2, 0) is 10.0 Å². The SMILES string of the molecule is Cc1cc(S(=O)(=O)N2CCC(C)CC2)ccc1C#N. The van der Waals surface area contributed by atoms with Gasteiger partial charge in [-0.2, -0.15) is 9.57 Å². The van der Waals surface area contributed by atoms with Crippen molar-refractivity contribution in [1.82, 2.24) is 4.31 Å². The summed E-state index contributed by atoms with van der Waals surface area (Å²) in [5.41, 5.74) is 1.22. The Morgan fingerprint density at radius 2 is 1.95 bits per heavy atom. The molecule has 0 bridgehead atoms. The average Bonchev–Trinajstić information content (AvgIpc) is 2.39. The van der Waals surface area contributed by atoms with E-state index in [1.807, 2.05) is 0 Å². The topological polar surface area (TPSA) is 61.2 Å². The highest BCUT2D eigenvalue weighted by Gasteiger charge is 2.28. The maximum atomic E-state index is 12.5. The van der Waals surface area contributed by atoms with Crippen LogP contribution in [0, 0.1) is 24.2 Å². The number of piperidine rings is 1. The Hall–Kier alpha value is -1.38. The Labute approximate surface area is 114 Å². The third kappa shape index (κ3) is 2.80. The van der Waals surface area contributed by atoms with Crippen molar-refractivity contribution in [2.75, 3.05) is 13.1 Å². The summed E-state index contributed by atoms with van der Waals surface area (Å²) in [5, 5.41) is 8.88. The number of sulfonamides is 1. The Morgan fingerprint density at radius 1 is 1.32 bits per heavy atom. The van der Waals surface area contributed by atoms with E-state index < -0.39 is 10.0 Å². The van der Waals surface area contributed by atoms with Crippen molar-refractivity contribution < 1.29 is 8.42 Å². The number of benzene rings is 1. The van der Waals surface area contributed by atoms with E-state index in [0.29, 0.717) is 35.0 Å². The van der Waals surface area contributed by atoms with Gasteiger partial charge in [0.05, 0.1) is 16.5 Å². The first-order chi connectivity index (χ1) is 8.95. The van der Waals surface area contributed by atoms with Crippen molar-refractivity contribution in [1.29, 1.82) is 5.26 Å². The van der Waals surface area contributed by atoms with Gasteiger partial charge in [-0.15, -0.1) is 0 Å². The molecule has 0 unspecified atom stereocenters. The smallest absolute Gasteiger partial charge is 0.207 e. The van der Waals surface area contributed by atoms with Gasteiger partial charge in [-0.3, -0.25) is 0 Å². The van der Waals surface area contributed by atoms with E-state index >= 15 is 0 Å². The second kappa shape index (κ2) is 5.32. The first-order valence-corrected chi connectivity index (χ1v) is 7.90. The van der Waals surface area contributed by atoms with Gasteiger partial charge in [0.1, 0.15) is 0 Å². The van der Waals surface area contributed by atoms with Crippen LogP contribution in [-0.4, -0.2) is 25.8 Å². The normalized spacial score (nSPS) is 18.2. The fraction of sp³-hybridized carbons (Fsp3) is 0.500. The van der Waals surface area contributed by atoms with Crippen LogP contribution in [0.4, 0.5) is 0 Å². The summed E-state index contributed by atoms with van der Waals surface area (Å²) in [6.07, 6.45) is 1.82. The molecule has 0 radical (unpaired) electrons. The third-order valence-corrected chi connectivity index (χ3v) is 5.59. The maximum Gasteiger partial charge on any atom is 0.243 e. The molecule has 1 heterocycles. The van der Waals surface area contributed by atoms with E-state index in [-0.39, 0.29) is 0 Å². The van der Waals surface area contributed by atoms with E-state index in [2.05, 4.69) is 13.0 Å². The molecule has 4 nitrogen and oxygen atoms in total. The predicted octanol–water partition coefficient (Wildman–Crippen LogP) is 2.29. The Bertz CT molecular complexity index is 609. The van der Waals surface area contributed by atoms with E-state index in [4.69, 9.17) is 5.26 Å². The van der Waals surface area contributed by atoms with Gasteiger partial charge in [-0.05, 0) is 49.4 Å². The molecule has 0 aliphatic carbocycles. The molecule has 0 N–H and O–H groups in total. The molecular weight excluding hydrogens is 260 g/mol. The predicted molar refractivity (Wildman–Crippen MR) is 73.1 cm³/mol. The lowest BCUT2D eigenvalue weighted by molar-refractivity contribution is 0.288. The number of nitriles is 1. The van der Waals surface area contributed by atoms with Gasteiger partial charge in [0.25, 0.3) is 0 Å². The standard InChI is InChI=1S/C14H18N2O2S/c1-11-5-7-16(8-6-11)19(17,18)14-4-3-13(10-15)12(2)9-14/h3-4,9,11H,5-8H2,1-2H3. The van der Waals surface area contributed by atoms with E-state index in [1.54, 1.807) is 23.4 Å². The number of hydrogen-bond acceptors (Lipinski definition) is 3. The molecule has 1 aliphatic rings. The third-order valence-electron chi connectivity index (χ3n) is 3.70. The molecule has 102 valence electrons. The van der Waals surface area contributed by atoms with Crippen molar-refractivity contribution in [3.8, 4) is 6.07 Å². The van der Waals surface area contributed by atoms with Gasteiger partial charge in [0.15, 0.2) is 0 Å². The zero-order valence-electron chi connectivity index (χ0n) is 11.3. The summed E-state index contributed by atoms with van der Waals surface area (Å²) < 4.78 is 26.5. The summed E-state index contributed by atoms with van der Waals surface area (Å²) in [4.78, 5) is 0.290. The fourth-order valence-electron chi connectivity index (χ4n) is 2.30. The summed E-state index contributed by atoms with van der Waals surface area (Å²) in [5.74, 6) is 0.592. The molecule has 0 amide bonds. The Balaban J connectivity index is 2.30. The first-order valence-electron chi connectivity index (χ1n) is 6.46. The van der Waals surface area contributed by atoms with Crippen LogP contribution in [0.5, 0.6) is 0 Å². The van der Waals surface area contributed by atoms with Gasteiger partial charge >= 0.3 is 0 Å². The molecule has 1 saturated heterocycles.